The maximum Gasteiger partial charge on any atom is 0.310 e. The summed E-state index contributed by atoms with van der Waals surface area (Å²) in [6, 6.07) is 1.52. The van der Waals surface area contributed by atoms with Gasteiger partial charge in [-0.15, -0.1) is 0 Å². The van der Waals surface area contributed by atoms with Gasteiger partial charge in [0.2, 0.25) is 0 Å². The Hall–Kier alpha value is -1.56. The lowest BCUT2D eigenvalue weighted by molar-refractivity contribution is -0.139. The topological polar surface area (TPSA) is 65.2 Å². The SMILES string of the molecule is COC(=O)Cc1c(CN)ccnc1C(F)F. The minimum absolute atomic E-state index is 0.0779. The van der Waals surface area contributed by atoms with Crippen LogP contribution < -0.4 is 5.73 Å². The van der Waals surface area contributed by atoms with Crippen molar-refractivity contribution < 1.29 is 18.3 Å². The molecule has 1 aromatic rings. The molecule has 1 rings (SSSR count). The second-order valence-corrected chi connectivity index (χ2v) is 3.09. The Morgan fingerprint density at radius 2 is 2.31 bits per heavy atom. The zero-order chi connectivity index (χ0) is 12.1. The summed E-state index contributed by atoms with van der Waals surface area (Å²) in [7, 11) is 1.20. The van der Waals surface area contributed by atoms with E-state index in [1.54, 1.807) is 0 Å². The number of pyridine rings is 1. The molecule has 0 spiro atoms. The van der Waals surface area contributed by atoms with Crippen LogP contribution in [0.1, 0.15) is 23.2 Å². The Kier molecular flexibility index (Phi) is 4.30. The molecule has 0 atom stereocenters. The third-order valence-electron chi connectivity index (χ3n) is 2.16. The van der Waals surface area contributed by atoms with Crippen LogP contribution in [-0.4, -0.2) is 18.1 Å². The fourth-order valence-electron chi connectivity index (χ4n) is 1.35. The van der Waals surface area contributed by atoms with E-state index in [0.717, 1.165) is 0 Å². The lowest BCUT2D eigenvalue weighted by Crippen LogP contribution is -2.13. The van der Waals surface area contributed by atoms with Gasteiger partial charge in [0.1, 0.15) is 5.69 Å². The number of carbonyl (C=O) groups excluding carboxylic acids is 1. The standard InChI is InChI=1S/C10H12F2N2O2/c1-16-8(15)4-7-6(5-13)2-3-14-9(7)10(11)12/h2-3,10H,4-5,13H2,1H3. The number of carbonyl (C=O) groups is 1. The highest BCUT2D eigenvalue weighted by Gasteiger charge is 2.19. The summed E-state index contributed by atoms with van der Waals surface area (Å²) < 4.78 is 29.7. The molecule has 2 N–H and O–H groups in total. The van der Waals surface area contributed by atoms with Gasteiger partial charge >= 0.3 is 5.97 Å². The molecule has 0 saturated heterocycles. The average molecular weight is 230 g/mol. The predicted molar refractivity (Wildman–Crippen MR) is 52.8 cm³/mol. The molecule has 1 aromatic heterocycles. The average Bonchev–Trinajstić information content (AvgIpc) is 2.28. The van der Waals surface area contributed by atoms with E-state index in [-0.39, 0.29) is 18.5 Å². The molecule has 0 bridgehead atoms. The first kappa shape index (κ1) is 12.5. The molecule has 0 unspecified atom stereocenters. The summed E-state index contributed by atoms with van der Waals surface area (Å²) in [6.45, 7) is 0.0779. The Labute approximate surface area is 91.4 Å². The Morgan fingerprint density at radius 3 is 2.81 bits per heavy atom. The number of ether oxygens (including phenoxy) is 1. The summed E-state index contributed by atoms with van der Waals surface area (Å²) in [4.78, 5) is 14.6. The molecule has 16 heavy (non-hydrogen) atoms. The monoisotopic (exact) mass is 230 g/mol. The number of esters is 1. The second kappa shape index (κ2) is 5.50. The normalized spacial score (nSPS) is 10.6. The third kappa shape index (κ3) is 2.73. The minimum Gasteiger partial charge on any atom is -0.469 e. The number of methoxy groups -OCH3 is 1. The van der Waals surface area contributed by atoms with Gasteiger partial charge < -0.3 is 10.5 Å². The highest BCUT2D eigenvalue weighted by Crippen LogP contribution is 2.23. The highest BCUT2D eigenvalue weighted by atomic mass is 19.3. The zero-order valence-electron chi connectivity index (χ0n) is 8.74. The van der Waals surface area contributed by atoms with E-state index < -0.39 is 18.1 Å². The summed E-state index contributed by atoms with van der Waals surface area (Å²) in [5, 5.41) is 0. The van der Waals surface area contributed by atoms with Crippen molar-refractivity contribution in [1.29, 1.82) is 0 Å². The number of nitrogens with two attached hydrogens (primary N) is 1. The lowest BCUT2D eigenvalue weighted by atomic mass is 10.0. The van der Waals surface area contributed by atoms with Crippen molar-refractivity contribution >= 4 is 5.97 Å². The van der Waals surface area contributed by atoms with E-state index in [9.17, 15) is 13.6 Å². The zero-order valence-corrected chi connectivity index (χ0v) is 8.74. The van der Waals surface area contributed by atoms with Crippen LogP contribution in [0.4, 0.5) is 8.78 Å². The molecule has 0 radical (unpaired) electrons. The first-order valence-electron chi connectivity index (χ1n) is 4.61. The number of hydrogen-bond donors (Lipinski definition) is 1. The van der Waals surface area contributed by atoms with Gasteiger partial charge in [-0.3, -0.25) is 9.78 Å². The Bertz CT molecular complexity index is 383. The van der Waals surface area contributed by atoms with Gasteiger partial charge in [-0.2, -0.15) is 0 Å². The molecule has 0 aromatic carbocycles. The maximum absolute atomic E-state index is 12.6. The van der Waals surface area contributed by atoms with E-state index in [0.29, 0.717) is 5.56 Å². The highest BCUT2D eigenvalue weighted by molar-refractivity contribution is 5.73. The number of rotatable bonds is 4. The van der Waals surface area contributed by atoms with Gasteiger partial charge in [-0.1, -0.05) is 0 Å². The van der Waals surface area contributed by atoms with Crippen LogP contribution in [0.5, 0.6) is 0 Å². The van der Waals surface area contributed by atoms with E-state index in [1.807, 2.05) is 0 Å². The van der Waals surface area contributed by atoms with E-state index in [2.05, 4.69) is 9.72 Å². The van der Waals surface area contributed by atoms with Crippen LogP contribution in [0.2, 0.25) is 0 Å². The second-order valence-electron chi connectivity index (χ2n) is 3.09. The van der Waals surface area contributed by atoms with Crippen molar-refractivity contribution in [2.75, 3.05) is 7.11 Å². The molecular formula is C10H12F2N2O2. The largest absolute Gasteiger partial charge is 0.469 e. The first-order chi connectivity index (χ1) is 7.60. The van der Waals surface area contributed by atoms with E-state index in [4.69, 9.17) is 5.73 Å². The van der Waals surface area contributed by atoms with Gasteiger partial charge in [0.05, 0.1) is 13.5 Å². The molecule has 0 amide bonds. The smallest absolute Gasteiger partial charge is 0.310 e. The van der Waals surface area contributed by atoms with Crippen LogP contribution in [0.3, 0.4) is 0 Å². The Morgan fingerprint density at radius 1 is 1.62 bits per heavy atom. The van der Waals surface area contributed by atoms with Gasteiger partial charge in [0.25, 0.3) is 6.43 Å². The molecule has 0 aliphatic rings. The fourth-order valence-corrected chi connectivity index (χ4v) is 1.35. The first-order valence-corrected chi connectivity index (χ1v) is 4.61. The molecule has 88 valence electrons. The number of aromatic nitrogens is 1. The van der Waals surface area contributed by atoms with Gasteiger partial charge in [-0.25, -0.2) is 8.78 Å². The molecule has 0 fully saturated rings. The van der Waals surface area contributed by atoms with Gasteiger partial charge in [0.15, 0.2) is 0 Å². The summed E-state index contributed by atoms with van der Waals surface area (Å²) in [6.07, 6.45) is -1.72. The minimum atomic E-state index is -2.73. The fraction of sp³-hybridized carbons (Fsp3) is 0.400. The van der Waals surface area contributed by atoms with Crippen molar-refractivity contribution in [3.05, 3.63) is 29.1 Å². The van der Waals surface area contributed by atoms with Crippen molar-refractivity contribution in [3.8, 4) is 0 Å². The number of hydrogen-bond acceptors (Lipinski definition) is 4. The van der Waals surface area contributed by atoms with Gasteiger partial charge in [-0.05, 0) is 17.2 Å². The number of nitrogens with zero attached hydrogens (tertiary/aromatic N) is 1. The summed E-state index contributed by atoms with van der Waals surface area (Å²) in [5.41, 5.74) is 5.64. The van der Waals surface area contributed by atoms with Crippen molar-refractivity contribution in [2.24, 2.45) is 5.73 Å². The number of halogens is 2. The van der Waals surface area contributed by atoms with Crippen LogP contribution in [0.25, 0.3) is 0 Å². The van der Waals surface area contributed by atoms with Crippen LogP contribution in [0, 0.1) is 0 Å². The molecular weight excluding hydrogens is 218 g/mol. The summed E-state index contributed by atoms with van der Waals surface area (Å²) in [5.74, 6) is -0.593. The lowest BCUT2D eigenvalue weighted by Gasteiger charge is -2.11. The summed E-state index contributed by atoms with van der Waals surface area (Å²) >= 11 is 0. The Balaban J connectivity index is 3.14. The van der Waals surface area contributed by atoms with Gasteiger partial charge in [0, 0.05) is 12.7 Å². The molecule has 0 aliphatic carbocycles. The third-order valence-corrected chi connectivity index (χ3v) is 2.16. The van der Waals surface area contributed by atoms with Crippen molar-refractivity contribution in [3.63, 3.8) is 0 Å². The maximum atomic E-state index is 12.6. The van der Waals surface area contributed by atoms with Crippen molar-refractivity contribution in [2.45, 2.75) is 19.4 Å². The molecule has 0 saturated carbocycles. The predicted octanol–water partition coefficient (Wildman–Crippen LogP) is 1.19. The molecule has 0 aliphatic heterocycles. The number of alkyl halides is 2. The van der Waals surface area contributed by atoms with E-state index >= 15 is 0 Å². The molecule has 1 heterocycles. The van der Waals surface area contributed by atoms with Crippen molar-refractivity contribution in [1.82, 2.24) is 4.98 Å². The quantitative estimate of drug-likeness (QED) is 0.789. The molecule has 4 nitrogen and oxygen atoms in total. The van der Waals surface area contributed by atoms with E-state index in [1.165, 1.54) is 19.4 Å². The van der Waals surface area contributed by atoms with Crippen LogP contribution >= 0.6 is 0 Å². The van der Waals surface area contributed by atoms with Crippen LogP contribution in [0.15, 0.2) is 12.3 Å². The molecule has 6 heteroatoms. The van der Waals surface area contributed by atoms with Crippen LogP contribution in [-0.2, 0) is 22.5 Å².